The monoisotopic (exact) mass is 232 g/mol. The summed E-state index contributed by atoms with van der Waals surface area (Å²) in [6.45, 7) is 0.834. The zero-order valence-corrected chi connectivity index (χ0v) is 9.84. The summed E-state index contributed by atoms with van der Waals surface area (Å²) in [4.78, 5) is 4.02. The van der Waals surface area contributed by atoms with Crippen molar-refractivity contribution in [1.82, 2.24) is 9.55 Å². The molecule has 0 spiro atoms. The van der Waals surface area contributed by atoms with E-state index in [4.69, 9.17) is 9.84 Å². The number of aromatic nitrogens is 2. The van der Waals surface area contributed by atoms with E-state index in [-0.39, 0.29) is 6.61 Å². The standard InChI is InChI=1S/C13H16N2O2/c1-17-13-4-2-3-11(7-13)5-6-15-10-14-8-12(15)9-16/h2-4,7-8,10,16H,5-6,9H2,1H3. The third kappa shape index (κ3) is 2.85. The molecule has 0 aliphatic heterocycles. The SMILES string of the molecule is COc1cccc(CCn2cncc2CO)c1. The second kappa shape index (κ2) is 5.50. The maximum Gasteiger partial charge on any atom is 0.119 e. The van der Waals surface area contributed by atoms with E-state index in [1.54, 1.807) is 19.6 Å². The first-order chi connectivity index (χ1) is 8.33. The Morgan fingerprint density at radius 3 is 3.06 bits per heavy atom. The van der Waals surface area contributed by atoms with E-state index in [2.05, 4.69) is 11.1 Å². The Labute approximate surface area is 100 Å². The minimum absolute atomic E-state index is 0.0259. The molecule has 90 valence electrons. The van der Waals surface area contributed by atoms with Gasteiger partial charge in [-0.1, -0.05) is 12.1 Å². The number of nitrogens with zero attached hydrogens (tertiary/aromatic N) is 2. The van der Waals surface area contributed by atoms with Crippen molar-refractivity contribution in [2.24, 2.45) is 0 Å². The Balaban J connectivity index is 2.02. The molecule has 1 aromatic heterocycles. The Bertz CT molecular complexity index is 480. The molecule has 0 bridgehead atoms. The average Bonchev–Trinajstić information content (AvgIpc) is 2.84. The van der Waals surface area contributed by atoms with Crippen LogP contribution in [-0.4, -0.2) is 21.8 Å². The van der Waals surface area contributed by atoms with E-state index in [1.807, 2.05) is 22.8 Å². The van der Waals surface area contributed by atoms with Crippen molar-refractivity contribution in [1.29, 1.82) is 0 Å². The van der Waals surface area contributed by atoms with Crippen molar-refractivity contribution in [2.45, 2.75) is 19.6 Å². The summed E-state index contributed by atoms with van der Waals surface area (Å²) in [5.41, 5.74) is 2.05. The lowest BCUT2D eigenvalue weighted by Crippen LogP contribution is -2.04. The molecular weight excluding hydrogens is 216 g/mol. The molecule has 0 amide bonds. The minimum Gasteiger partial charge on any atom is -0.497 e. The van der Waals surface area contributed by atoms with Gasteiger partial charge in [0.25, 0.3) is 0 Å². The van der Waals surface area contributed by atoms with E-state index >= 15 is 0 Å². The van der Waals surface area contributed by atoms with Crippen molar-refractivity contribution in [3.8, 4) is 5.75 Å². The molecule has 0 radical (unpaired) electrons. The van der Waals surface area contributed by atoms with E-state index in [0.29, 0.717) is 0 Å². The van der Waals surface area contributed by atoms with Crippen LogP contribution in [0.5, 0.6) is 5.75 Å². The van der Waals surface area contributed by atoms with Gasteiger partial charge in [0.2, 0.25) is 0 Å². The fourth-order valence-corrected chi connectivity index (χ4v) is 1.76. The van der Waals surface area contributed by atoms with Gasteiger partial charge in [-0.15, -0.1) is 0 Å². The number of aliphatic hydroxyl groups is 1. The summed E-state index contributed by atoms with van der Waals surface area (Å²) in [6, 6.07) is 8.00. The highest BCUT2D eigenvalue weighted by atomic mass is 16.5. The number of hydrogen-bond donors (Lipinski definition) is 1. The smallest absolute Gasteiger partial charge is 0.119 e. The van der Waals surface area contributed by atoms with Gasteiger partial charge in [0.1, 0.15) is 5.75 Å². The molecule has 1 N–H and O–H groups in total. The first-order valence-electron chi connectivity index (χ1n) is 5.56. The van der Waals surface area contributed by atoms with Crippen LogP contribution in [0.3, 0.4) is 0 Å². The highest BCUT2D eigenvalue weighted by Gasteiger charge is 2.01. The molecule has 0 aliphatic rings. The van der Waals surface area contributed by atoms with Gasteiger partial charge >= 0.3 is 0 Å². The average molecular weight is 232 g/mol. The molecule has 0 fully saturated rings. The van der Waals surface area contributed by atoms with Gasteiger partial charge in [-0.2, -0.15) is 0 Å². The van der Waals surface area contributed by atoms with Gasteiger partial charge in [0, 0.05) is 6.54 Å². The van der Waals surface area contributed by atoms with Crippen molar-refractivity contribution in [3.63, 3.8) is 0 Å². The number of rotatable bonds is 5. The first-order valence-corrected chi connectivity index (χ1v) is 5.56. The third-order valence-electron chi connectivity index (χ3n) is 2.74. The van der Waals surface area contributed by atoms with Gasteiger partial charge in [0.05, 0.1) is 31.9 Å². The number of ether oxygens (including phenoxy) is 1. The molecule has 0 atom stereocenters. The summed E-state index contributed by atoms with van der Waals surface area (Å²) in [5, 5.41) is 9.11. The zero-order valence-electron chi connectivity index (χ0n) is 9.84. The quantitative estimate of drug-likeness (QED) is 0.852. The molecule has 0 saturated heterocycles. The van der Waals surface area contributed by atoms with Crippen LogP contribution in [0.2, 0.25) is 0 Å². The molecule has 0 aliphatic carbocycles. The van der Waals surface area contributed by atoms with Crippen LogP contribution >= 0.6 is 0 Å². The normalized spacial score (nSPS) is 10.5. The van der Waals surface area contributed by atoms with Crippen molar-refractivity contribution in [3.05, 3.63) is 48.0 Å². The van der Waals surface area contributed by atoms with Gasteiger partial charge in [-0.25, -0.2) is 4.98 Å². The fourth-order valence-electron chi connectivity index (χ4n) is 1.76. The van der Waals surface area contributed by atoms with E-state index in [9.17, 15) is 0 Å². The van der Waals surface area contributed by atoms with Crippen LogP contribution in [0, 0.1) is 0 Å². The summed E-state index contributed by atoms with van der Waals surface area (Å²) in [7, 11) is 1.67. The molecular formula is C13H16N2O2. The van der Waals surface area contributed by atoms with Crippen LogP contribution < -0.4 is 4.74 Å². The number of hydrogen-bond acceptors (Lipinski definition) is 3. The van der Waals surface area contributed by atoms with Crippen LogP contribution in [0.25, 0.3) is 0 Å². The predicted octanol–water partition coefficient (Wildman–Crippen LogP) is 1.63. The number of benzene rings is 1. The molecule has 0 saturated carbocycles. The van der Waals surface area contributed by atoms with E-state index < -0.39 is 0 Å². The Kier molecular flexibility index (Phi) is 3.77. The molecule has 4 heteroatoms. The topological polar surface area (TPSA) is 47.3 Å². The number of aryl methyl sites for hydroxylation is 2. The molecule has 17 heavy (non-hydrogen) atoms. The molecule has 2 rings (SSSR count). The Morgan fingerprint density at radius 1 is 1.41 bits per heavy atom. The Morgan fingerprint density at radius 2 is 2.29 bits per heavy atom. The highest BCUT2D eigenvalue weighted by molar-refractivity contribution is 5.28. The lowest BCUT2D eigenvalue weighted by atomic mass is 10.1. The van der Waals surface area contributed by atoms with Crippen molar-refractivity contribution < 1.29 is 9.84 Å². The summed E-state index contributed by atoms with van der Waals surface area (Å²) < 4.78 is 7.14. The second-order valence-corrected chi connectivity index (χ2v) is 3.84. The molecule has 0 unspecified atom stereocenters. The lowest BCUT2D eigenvalue weighted by molar-refractivity contribution is 0.270. The number of imidazole rings is 1. The predicted molar refractivity (Wildman–Crippen MR) is 64.8 cm³/mol. The van der Waals surface area contributed by atoms with E-state index in [1.165, 1.54) is 5.56 Å². The summed E-state index contributed by atoms with van der Waals surface area (Å²) in [6.07, 6.45) is 4.32. The Hall–Kier alpha value is -1.81. The van der Waals surface area contributed by atoms with Crippen LogP contribution in [-0.2, 0) is 19.6 Å². The highest BCUT2D eigenvalue weighted by Crippen LogP contribution is 2.13. The molecule has 1 aromatic carbocycles. The van der Waals surface area contributed by atoms with Crippen molar-refractivity contribution in [2.75, 3.05) is 7.11 Å². The zero-order chi connectivity index (χ0) is 12.1. The van der Waals surface area contributed by atoms with Crippen LogP contribution in [0.15, 0.2) is 36.8 Å². The second-order valence-electron chi connectivity index (χ2n) is 3.84. The number of aliphatic hydroxyl groups excluding tert-OH is 1. The minimum atomic E-state index is 0.0259. The summed E-state index contributed by atoms with van der Waals surface area (Å²) >= 11 is 0. The largest absolute Gasteiger partial charge is 0.497 e. The lowest BCUT2D eigenvalue weighted by Gasteiger charge is -2.07. The van der Waals surface area contributed by atoms with E-state index in [0.717, 1.165) is 24.4 Å². The maximum absolute atomic E-state index is 9.11. The number of methoxy groups -OCH3 is 1. The van der Waals surface area contributed by atoms with Crippen LogP contribution in [0.1, 0.15) is 11.3 Å². The van der Waals surface area contributed by atoms with Crippen molar-refractivity contribution >= 4 is 0 Å². The molecule has 4 nitrogen and oxygen atoms in total. The van der Waals surface area contributed by atoms with Gasteiger partial charge in [-0.05, 0) is 24.1 Å². The van der Waals surface area contributed by atoms with Gasteiger partial charge in [0.15, 0.2) is 0 Å². The third-order valence-corrected chi connectivity index (χ3v) is 2.74. The van der Waals surface area contributed by atoms with Crippen LogP contribution in [0.4, 0.5) is 0 Å². The molecule has 1 heterocycles. The summed E-state index contributed by atoms with van der Waals surface area (Å²) in [5.74, 6) is 0.871. The van der Waals surface area contributed by atoms with Gasteiger partial charge < -0.3 is 14.4 Å². The van der Waals surface area contributed by atoms with Gasteiger partial charge in [-0.3, -0.25) is 0 Å². The maximum atomic E-state index is 9.11. The molecule has 2 aromatic rings. The fraction of sp³-hybridized carbons (Fsp3) is 0.308. The first kappa shape index (κ1) is 11.7.